The lowest BCUT2D eigenvalue weighted by atomic mass is 10.1. The molecule has 0 unspecified atom stereocenters. The van der Waals surface area contributed by atoms with Gasteiger partial charge in [0.05, 0.1) is 12.0 Å². The van der Waals surface area contributed by atoms with Crippen LogP contribution in [-0.4, -0.2) is 34.0 Å². The van der Waals surface area contributed by atoms with Gasteiger partial charge in [0.25, 0.3) is 0 Å². The number of ether oxygens (including phenoxy) is 1. The van der Waals surface area contributed by atoms with Crippen LogP contribution in [-0.2, 0) is 14.8 Å². The van der Waals surface area contributed by atoms with Crippen molar-refractivity contribution < 1.29 is 17.9 Å². The van der Waals surface area contributed by atoms with Crippen molar-refractivity contribution in [2.75, 3.05) is 18.6 Å². The van der Waals surface area contributed by atoms with E-state index in [1.54, 1.807) is 17.0 Å². The zero-order valence-electron chi connectivity index (χ0n) is 15.0. The maximum absolute atomic E-state index is 12.7. The van der Waals surface area contributed by atoms with Gasteiger partial charge in [0.2, 0.25) is 15.9 Å². The minimum atomic E-state index is -3.81. The molecule has 1 atom stereocenters. The minimum absolute atomic E-state index is 0.0782. The molecule has 1 saturated heterocycles. The topological polar surface area (TPSA) is 75.7 Å². The molecule has 6 nitrogen and oxygen atoms in total. The van der Waals surface area contributed by atoms with E-state index in [-0.39, 0.29) is 10.8 Å². The van der Waals surface area contributed by atoms with Crippen LogP contribution >= 0.6 is 0 Å². The molecule has 1 aliphatic heterocycles. The summed E-state index contributed by atoms with van der Waals surface area (Å²) >= 11 is 0. The van der Waals surface area contributed by atoms with Gasteiger partial charge >= 0.3 is 0 Å². The molecule has 1 N–H and O–H groups in total. The Morgan fingerprint density at radius 1 is 1.12 bits per heavy atom. The average molecular weight is 374 g/mol. The lowest BCUT2D eigenvalue weighted by Crippen LogP contribution is -2.41. The highest BCUT2D eigenvalue weighted by Gasteiger charge is 2.35. The molecule has 3 rings (SSSR count). The van der Waals surface area contributed by atoms with Crippen LogP contribution in [0.4, 0.5) is 5.69 Å². The predicted molar refractivity (Wildman–Crippen MR) is 100.0 cm³/mol. The van der Waals surface area contributed by atoms with Crippen LogP contribution in [0.25, 0.3) is 0 Å². The van der Waals surface area contributed by atoms with Gasteiger partial charge in [-0.05, 0) is 55.7 Å². The Morgan fingerprint density at radius 3 is 2.46 bits per heavy atom. The van der Waals surface area contributed by atoms with Crippen molar-refractivity contribution in [3.63, 3.8) is 0 Å². The highest BCUT2D eigenvalue weighted by Crippen LogP contribution is 2.25. The number of sulfonamides is 1. The molecule has 1 heterocycles. The van der Waals surface area contributed by atoms with Crippen LogP contribution in [0.15, 0.2) is 47.4 Å². The summed E-state index contributed by atoms with van der Waals surface area (Å²) in [5, 5.41) is 0. The molecule has 0 aromatic heterocycles. The van der Waals surface area contributed by atoms with Gasteiger partial charge in [-0.3, -0.25) is 4.79 Å². The Kier molecular flexibility index (Phi) is 5.02. The predicted octanol–water partition coefficient (Wildman–Crippen LogP) is 2.40. The second kappa shape index (κ2) is 7.09. The van der Waals surface area contributed by atoms with Gasteiger partial charge in [-0.25, -0.2) is 8.42 Å². The van der Waals surface area contributed by atoms with E-state index in [0.29, 0.717) is 18.7 Å². The number of nitrogens with zero attached hydrogens (tertiary/aromatic N) is 1. The van der Waals surface area contributed by atoms with Gasteiger partial charge in [0.1, 0.15) is 11.8 Å². The van der Waals surface area contributed by atoms with E-state index < -0.39 is 16.1 Å². The zero-order valence-corrected chi connectivity index (χ0v) is 15.8. The minimum Gasteiger partial charge on any atom is -0.497 e. The standard InChI is InChI=1S/C19H22N2O4S/c1-13-9-14(2)11-15(10-13)21-8-7-18(19(21)22)20-26(23,24)17-6-4-5-16(12-17)25-3/h4-6,9-12,18,20H,7-8H2,1-3H3/t18-/m0/s1. The second-order valence-corrected chi connectivity index (χ2v) is 8.19. The molecule has 1 amide bonds. The summed E-state index contributed by atoms with van der Waals surface area (Å²) in [6.07, 6.45) is 0.426. The van der Waals surface area contributed by atoms with Crippen molar-refractivity contribution in [1.29, 1.82) is 0 Å². The summed E-state index contributed by atoms with van der Waals surface area (Å²) in [6.45, 7) is 4.42. The number of anilines is 1. The fourth-order valence-corrected chi connectivity index (χ4v) is 4.43. The van der Waals surface area contributed by atoms with Crippen LogP contribution in [0.5, 0.6) is 5.75 Å². The van der Waals surface area contributed by atoms with Crippen LogP contribution in [0.3, 0.4) is 0 Å². The summed E-state index contributed by atoms with van der Waals surface area (Å²) in [5.41, 5.74) is 2.93. The maximum Gasteiger partial charge on any atom is 0.245 e. The molecule has 0 saturated carbocycles. The lowest BCUT2D eigenvalue weighted by Gasteiger charge is -2.18. The Balaban J connectivity index is 1.80. The van der Waals surface area contributed by atoms with Crippen molar-refractivity contribution >= 4 is 21.6 Å². The third-order valence-electron chi connectivity index (χ3n) is 4.37. The van der Waals surface area contributed by atoms with Gasteiger partial charge < -0.3 is 9.64 Å². The summed E-state index contributed by atoms with van der Waals surface area (Å²) in [4.78, 5) is 14.5. The van der Waals surface area contributed by atoms with Crippen LogP contribution in [0.2, 0.25) is 0 Å². The molecule has 0 aliphatic carbocycles. The van der Waals surface area contributed by atoms with Gasteiger partial charge in [0, 0.05) is 18.3 Å². The lowest BCUT2D eigenvalue weighted by molar-refractivity contribution is -0.118. The van der Waals surface area contributed by atoms with Gasteiger partial charge in [-0.2, -0.15) is 4.72 Å². The highest BCUT2D eigenvalue weighted by atomic mass is 32.2. The molecule has 7 heteroatoms. The van der Waals surface area contributed by atoms with Crippen molar-refractivity contribution in [1.82, 2.24) is 4.72 Å². The van der Waals surface area contributed by atoms with Gasteiger partial charge in [-0.1, -0.05) is 12.1 Å². The van der Waals surface area contributed by atoms with Crippen LogP contribution < -0.4 is 14.4 Å². The molecule has 0 bridgehead atoms. The second-order valence-electron chi connectivity index (χ2n) is 6.48. The molecule has 1 aliphatic rings. The number of carbonyl (C=O) groups excluding carboxylic acids is 1. The summed E-state index contributed by atoms with van der Waals surface area (Å²) in [5.74, 6) is 0.212. The maximum atomic E-state index is 12.7. The molecular weight excluding hydrogens is 352 g/mol. The van der Waals surface area contributed by atoms with Crippen molar-refractivity contribution in [3.05, 3.63) is 53.6 Å². The molecule has 0 radical (unpaired) electrons. The summed E-state index contributed by atoms with van der Waals surface area (Å²) in [7, 11) is -2.34. The number of rotatable bonds is 5. The highest BCUT2D eigenvalue weighted by molar-refractivity contribution is 7.89. The molecule has 0 spiro atoms. The van der Waals surface area contributed by atoms with Crippen molar-refractivity contribution in [2.45, 2.75) is 31.2 Å². The van der Waals surface area contributed by atoms with Crippen molar-refractivity contribution in [3.8, 4) is 5.75 Å². The number of nitrogens with one attached hydrogen (secondary N) is 1. The van der Waals surface area contributed by atoms with E-state index in [2.05, 4.69) is 4.72 Å². The van der Waals surface area contributed by atoms with E-state index in [9.17, 15) is 13.2 Å². The molecule has 26 heavy (non-hydrogen) atoms. The van der Waals surface area contributed by atoms with Crippen molar-refractivity contribution in [2.24, 2.45) is 0 Å². The van der Waals surface area contributed by atoms with Gasteiger partial charge in [-0.15, -0.1) is 0 Å². The fraction of sp³-hybridized carbons (Fsp3) is 0.316. The molecule has 138 valence electrons. The van der Waals surface area contributed by atoms with Gasteiger partial charge in [0.15, 0.2) is 0 Å². The third kappa shape index (κ3) is 3.73. The summed E-state index contributed by atoms with van der Waals surface area (Å²) in [6, 6.07) is 11.3. The first-order valence-corrected chi connectivity index (χ1v) is 9.84. The Labute approximate surface area is 153 Å². The number of hydrogen-bond acceptors (Lipinski definition) is 4. The summed E-state index contributed by atoms with van der Waals surface area (Å²) < 4.78 is 32.8. The number of aryl methyl sites for hydroxylation is 2. The van der Waals surface area contributed by atoms with E-state index >= 15 is 0 Å². The van der Waals surface area contributed by atoms with E-state index in [1.165, 1.54) is 19.2 Å². The SMILES string of the molecule is COc1cccc(S(=O)(=O)N[C@H]2CCN(c3cc(C)cc(C)c3)C2=O)c1. The first-order chi connectivity index (χ1) is 12.3. The fourth-order valence-electron chi connectivity index (χ4n) is 3.18. The number of amides is 1. The van der Waals surface area contributed by atoms with E-state index in [1.807, 2.05) is 32.0 Å². The van der Waals surface area contributed by atoms with Crippen LogP contribution in [0.1, 0.15) is 17.5 Å². The van der Waals surface area contributed by atoms with Crippen LogP contribution in [0, 0.1) is 13.8 Å². The molecule has 1 fully saturated rings. The third-order valence-corrected chi connectivity index (χ3v) is 5.84. The number of methoxy groups -OCH3 is 1. The number of hydrogen-bond donors (Lipinski definition) is 1. The molecular formula is C19H22N2O4S. The Bertz CT molecular complexity index is 920. The number of carbonyl (C=O) groups is 1. The Hall–Kier alpha value is -2.38. The number of benzene rings is 2. The normalized spacial score (nSPS) is 17.6. The zero-order chi connectivity index (χ0) is 18.9. The Morgan fingerprint density at radius 2 is 1.81 bits per heavy atom. The quantitative estimate of drug-likeness (QED) is 0.872. The first kappa shape index (κ1) is 18.4. The molecule has 2 aromatic rings. The van der Waals surface area contributed by atoms with E-state index in [4.69, 9.17) is 4.74 Å². The largest absolute Gasteiger partial charge is 0.497 e. The smallest absolute Gasteiger partial charge is 0.245 e. The average Bonchev–Trinajstić information content (AvgIpc) is 2.94. The van der Waals surface area contributed by atoms with E-state index in [0.717, 1.165) is 16.8 Å². The monoisotopic (exact) mass is 374 g/mol. The first-order valence-electron chi connectivity index (χ1n) is 8.36. The molecule has 2 aromatic carbocycles.